The summed E-state index contributed by atoms with van der Waals surface area (Å²) in [7, 11) is 0. The van der Waals surface area contributed by atoms with Crippen LogP contribution >= 0.6 is 0 Å². The van der Waals surface area contributed by atoms with E-state index in [1.54, 1.807) is 0 Å². The molecule has 0 fully saturated rings. The fourth-order valence-corrected chi connectivity index (χ4v) is 1.84. The number of nitrogens with two attached hydrogens (primary N) is 1. The van der Waals surface area contributed by atoms with Crippen LogP contribution in [0.4, 0.5) is 20.2 Å². The predicted molar refractivity (Wildman–Crippen MR) is 74.9 cm³/mol. The largest absolute Gasteiger partial charge is 0.396 e. The lowest BCUT2D eigenvalue weighted by Gasteiger charge is -2.07. The average molecular weight is 290 g/mol. The quantitative estimate of drug-likeness (QED) is 0.674. The second-order valence-electron chi connectivity index (χ2n) is 4.44. The van der Waals surface area contributed by atoms with Gasteiger partial charge in [-0.3, -0.25) is 9.59 Å². The van der Waals surface area contributed by atoms with Crippen molar-refractivity contribution in [3.05, 3.63) is 59.2 Å². The summed E-state index contributed by atoms with van der Waals surface area (Å²) < 4.78 is 27.0. The van der Waals surface area contributed by atoms with E-state index in [1.807, 2.05) is 0 Å². The van der Waals surface area contributed by atoms with Crippen molar-refractivity contribution >= 4 is 23.1 Å². The monoisotopic (exact) mass is 290 g/mol. The van der Waals surface area contributed by atoms with E-state index in [9.17, 15) is 18.4 Å². The molecular weight excluding hydrogens is 278 g/mol. The van der Waals surface area contributed by atoms with Crippen LogP contribution in [0, 0.1) is 11.6 Å². The number of anilines is 2. The summed E-state index contributed by atoms with van der Waals surface area (Å²) in [6, 6.07) is 7.43. The topological polar surface area (TPSA) is 72.2 Å². The molecule has 0 aromatic heterocycles. The Balaban J connectivity index is 2.34. The second kappa shape index (κ2) is 5.70. The van der Waals surface area contributed by atoms with E-state index >= 15 is 0 Å². The van der Waals surface area contributed by atoms with Gasteiger partial charge < -0.3 is 11.1 Å². The second-order valence-corrected chi connectivity index (χ2v) is 4.44. The summed E-state index contributed by atoms with van der Waals surface area (Å²) in [5.41, 5.74) is 5.11. The number of nitrogen functional groups attached to an aromatic ring is 1. The fraction of sp³-hybridized carbons (Fsp3) is 0.0667. The van der Waals surface area contributed by atoms with Crippen LogP contribution in [0.15, 0.2) is 36.4 Å². The third-order valence-corrected chi connectivity index (χ3v) is 2.78. The zero-order chi connectivity index (χ0) is 15.6. The number of hydrogen-bond donors (Lipinski definition) is 2. The Morgan fingerprint density at radius 1 is 1.10 bits per heavy atom. The Morgan fingerprint density at radius 2 is 1.71 bits per heavy atom. The van der Waals surface area contributed by atoms with E-state index in [0.717, 1.165) is 12.1 Å². The van der Waals surface area contributed by atoms with Gasteiger partial charge in [-0.25, -0.2) is 8.78 Å². The molecule has 0 aliphatic carbocycles. The zero-order valence-electron chi connectivity index (χ0n) is 11.1. The highest BCUT2D eigenvalue weighted by Crippen LogP contribution is 2.21. The minimum atomic E-state index is -0.952. The maximum absolute atomic E-state index is 13.8. The molecule has 0 spiro atoms. The maximum Gasteiger partial charge on any atom is 0.221 e. The van der Waals surface area contributed by atoms with Gasteiger partial charge in [0.25, 0.3) is 0 Å². The van der Waals surface area contributed by atoms with E-state index in [4.69, 9.17) is 5.73 Å². The number of halogens is 2. The smallest absolute Gasteiger partial charge is 0.221 e. The molecule has 4 nitrogen and oxygen atoms in total. The number of benzene rings is 2. The van der Waals surface area contributed by atoms with Crippen LogP contribution in [0.25, 0.3) is 0 Å². The molecule has 2 rings (SSSR count). The van der Waals surface area contributed by atoms with Crippen molar-refractivity contribution in [2.75, 3.05) is 11.1 Å². The third-order valence-electron chi connectivity index (χ3n) is 2.78. The van der Waals surface area contributed by atoms with Gasteiger partial charge in [0, 0.05) is 18.2 Å². The molecule has 21 heavy (non-hydrogen) atoms. The van der Waals surface area contributed by atoms with Crippen molar-refractivity contribution in [1.82, 2.24) is 0 Å². The predicted octanol–water partition coefficient (Wildman–Crippen LogP) is 2.74. The molecule has 0 unspecified atom stereocenters. The first-order valence-electron chi connectivity index (χ1n) is 6.05. The molecule has 2 aromatic carbocycles. The Bertz CT molecular complexity index is 712. The molecular formula is C15H12F2N2O2. The Hall–Kier alpha value is -2.76. The van der Waals surface area contributed by atoms with E-state index in [2.05, 4.69) is 5.32 Å². The summed E-state index contributed by atoms with van der Waals surface area (Å²) in [6.45, 7) is 1.35. The maximum atomic E-state index is 13.8. The SMILES string of the molecule is CC(=O)Nc1ccc(C(=O)c2cc(F)cc(N)c2F)cc1. The number of carbonyl (C=O) groups is 2. The molecule has 0 aliphatic heterocycles. The van der Waals surface area contributed by atoms with Crippen molar-refractivity contribution < 1.29 is 18.4 Å². The molecule has 2 aromatic rings. The van der Waals surface area contributed by atoms with E-state index in [1.165, 1.54) is 31.2 Å². The molecule has 0 saturated carbocycles. The highest BCUT2D eigenvalue weighted by atomic mass is 19.1. The van der Waals surface area contributed by atoms with Crippen LogP contribution < -0.4 is 11.1 Å². The van der Waals surface area contributed by atoms with Crippen molar-refractivity contribution in [3.8, 4) is 0 Å². The van der Waals surface area contributed by atoms with E-state index in [-0.39, 0.29) is 11.5 Å². The Labute approximate surface area is 119 Å². The minimum Gasteiger partial charge on any atom is -0.396 e. The number of ketones is 1. The first-order chi connectivity index (χ1) is 9.88. The van der Waals surface area contributed by atoms with Gasteiger partial charge in [0.15, 0.2) is 11.6 Å². The van der Waals surface area contributed by atoms with Crippen molar-refractivity contribution in [2.45, 2.75) is 6.92 Å². The van der Waals surface area contributed by atoms with Crippen LogP contribution in [0.3, 0.4) is 0 Å². The lowest BCUT2D eigenvalue weighted by Crippen LogP contribution is -2.09. The highest BCUT2D eigenvalue weighted by Gasteiger charge is 2.17. The molecule has 0 bridgehead atoms. The molecule has 108 valence electrons. The molecule has 0 radical (unpaired) electrons. The van der Waals surface area contributed by atoms with Gasteiger partial charge in [0.05, 0.1) is 11.3 Å². The minimum absolute atomic E-state index is 0.160. The number of amides is 1. The summed E-state index contributed by atoms with van der Waals surface area (Å²) in [5.74, 6) is -2.68. The zero-order valence-corrected chi connectivity index (χ0v) is 11.1. The number of rotatable bonds is 3. The van der Waals surface area contributed by atoms with Crippen LogP contribution in [0.2, 0.25) is 0 Å². The van der Waals surface area contributed by atoms with Crippen LogP contribution in [-0.4, -0.2) is 11.7 Å². The first kappa shape index (κ1) is 14.6. The fourth-order valence-electron chi connectivity index (χ4n) is 1.84. The Kier molecular flexibility index (Phi) is 3.98. The Morgan fingerprint density at radius 3 is 2.29 bits per heavy atom. The van der Waals surface area contributed by atoms with Crippen molar-refractivity contribution in [3.63, 3.8) is 0 Å². The van der Waals surface area contributed by atoms with Crippen LogP contribution in [-0.2, 0) is 4.79 Å². The van der Waals surface area contributed by atoms with Crippen molar-refractivity contribution in [2.24, 2.45) is 0 Å². The van der Waals surface area contributed by atoms with Crippen molar-refractivity contribution in [1.29, 1.82) is 0 Å². The molecule has 1 amide bonds. The summed E-state index contributed by atoms with van der Waals surface area (Å²) in [5, 5.41) is 2.54. The lowest BCUT2D eigenvalue weighted by atomic mass is 10.0. The normalized spacial score (nSPS) is 10.2. The summed E-state index contributed by atoms with van der Waals surface area (Å²) in [4.78, 5) is 23.0. The number of hydrogen-bond acceptors (Lipinski definition) is 3. The number of carbonyl (C=O) groups excluding carboxylic acids is 2. The molecule has 0 atom stereocenters. The average Bonchev–Trinajstić information content (AvgIpc) is 2.42. The van der Waals surface area contributed by atoms with Crippen LogP contribution in [0.5, 0.6) is 0 Å². The summed E-state index contributed by atoms with van der Waals surface area (Å²) in [6.07, 6.45) is 0. The van der Waals surface area contributed by atoms with Gasteiger partial charge in [-0.05, 0) is 36.4 Å². The lowest BCUT2D eigenvalue weighted by molar-refractivity contribution is -0.114. The number of nitrogens with one attached hydrogen (secondary N) is 1. The van der Waals surface area contributed by atoms with Gasteiger partial charge in [0.1, 0.15) is 5.82 Å². The molecule has 3 N–H and O–H groups in total. The summed E-state index contributed by atoms with van der Waals surface area (Å²) >= 11 is 0. The standard InChI is InChI=1S/C15H12F2N2O2/c1-8(20)19-11-4-2-9(3-5-11)15(21)12-6-10(16)7-13(18)14(12)17/h2-7H,18H2,1H3,(H,19,20). The van der Waals surface area contributed by atoms with Gasteiger partial charge in [-0.1, -0.05) is 0 Å². The van der Waals surface area contributed by atoms with Gasteiger partial charge in [-0.15, -0.1) is 0 Å². The third kappa shape index (κ3) is 3.22. The molecule has 0 aliphatic rings. The van der Waals surface area contributed by atoms with E-state index < -0.39 is 28.7 Å². The first-order valence-corrected chi connectivity index (χ1v) is 6.05. The highest BCUT2D eigenvalue weighted by molar-refractivity contribution is 6.09. The van der Waals surface area contributed by atoms with Gasteiger partial charge in [-0.2, -0.15) is 0 Å². The van der Waals surface area contributed by atoms with Gasteiger partial charge in [0.2, 0.25) is 5.91 Å². The molecule has 0 saturated heterocycles. The van der Waals surface area contributed by atoms with E-state index in [0.29, 0.717) is 5.69 Å². The molecule has 0 heterocycles. The molecule has 6 heteroatoms. The van der Waals surface area contributed by atoms with Gasteiger partial charge >= 0.3 is 0 Å². The van der Waals surface area contributed by atoms with Crippen LogP contribution in [0.1, 0.15) is 22.8 Å².